The number of carboxylic acid groups (broad SMARTS) is 1. The van der Waals surface area contributed by atoms with Crippen molar-refractivity contribution >= 4 is 17.7 Å². The summed E-state index contributed by atoms with van der Waals surface area (Å²) in [5, 5.41) is 14.2. The number of nitrogens with one attached hydrogen (secondary N) is 2. The third-order valence-corrected chi connectivity index (χ3v) is 2.77. The van der Waals surface area contributed by atoms with Gasteiger partial charge in [0.15, 0.2) is 0 Å². The number of anilines is 1. The van der Waals surface area contributed by atoms with E-state index in [4.69, 9.17) is 5.11 Å². The lowest BCUT2D eigenvalue weighted by Crippen LogP contribution is -2.36. The Bertz CT molecular complexity index is 486. The zero-order chi connectivity index (χ0) is 15.0. The molecule has 2 amide bonds. The molecule has 1 rings (SSSR count). The monoisotopic (exact) mass is 276 g/mol. The van der Waals surface area contributed by atoms with Crippen LogP contribution < -0.4 is 10.6 Å². The van der Waals surface area contributed by atoms with Crippen LogP contribution in [0.1, 0.15) is 25.3 Å². The van der Waals surface area contributed by atoms with Crippen LogP contribution in [-0.2, 0) is 11.2 Å². The minimum Gasteiger partial charge on any atom is -0.481 e. The van der Waals surface area contributed by atoms with Crippen LogP contribution >= 0.6 is 0 Å². The highest BCUT2D eigenvalue weighted by Gasteiger charge is 2.09. The predicted octanol–water partition coefficient (Wildman–Crippen LogP) is 2.79. The van der Waals surface area contributed by atoms with E-state index in [0.29, 0.717) is 18.5 Å². The van der Waals surface area contributed by atoms with Crippen LogP contribution in [0, 0.1) is 0 Å². The Hall–Kier alpha value is -2.30. The summed E-state index contributed by atoms with van der Waals surface area (Å²) in [6.45, 7) is 5.51. The van der Waals surface area contributed by atoms with Crippen LogP contribution in [0.3, 0.4) is 0 Å². The molecule has 0 aliphatic heterocycles. The van der Waals surface area contributed by atoms with Gasteiger partial charge in [0.05, 0.1) is 0 Å². The summed E-state index contributed by atoms with van der Waals surface area (Å²) >= 11 is 0. The molecule has 0 aliphatic carbocycles. The molecule has 0 saturated heterocycles. The number of hydrogen-bond acceptors (Lipinski definition) is 2. The van der Waals surface area contributed by atoms with Crippen molar-refractivity contribution in [1.29, 1.82) is 0 Å². The van der Waals surface area contributed by atoms with Crippen molar-refractivity contribution in [3.05, 3.63) is 42.5 Å². The molecular formula is C15H20N2O3. The third kappa shape index (κ3) is 5.56. The van der Waals surface area contributed by atoms with Gasteiger partial charge < -0.3 is 15.7 Å². The molecule has 20 heavy (non-hydrogen) atoms. The average molecular weight is 276 g/mol. The van der Waals surface area contributed by atoms with Crippen LogP contribution in [-0.4, -0.2) is 23.1 Å². The largest absolute Gasteiger partial charge is 0.481 e. The molecule has 0 aromatic heterocycles. The number of amides is 2. The van der Waals surface area contributed by atoms with Crippen molar-refractivity contribution in [1.82, 2.24) is 5.32 Å². The molecule has 0 aliphatic rings. The number of hydrogen-bond donors (Lipinski definition) is 3. The van der Waals surface area contributed by atoms with E-state index < -0.39 is 5.97 Å². The smallest absolute Gasteiger partial charge is 0.319 e. The maximum Gasteiger partial charge on any atom is 0.319 e. The maximum atomic E-state index is 11.8. The molecule has 3 N–H and O–H groups in total. The Balaban J connectivity index is 2.64. The Labute approximate surface area is 118 Å². The maximum absolute atomic E-state index is 11.8. The molecule has 1 aromatic rings. The molecule has 108 valence electrons. The van der Waals surface area contributed by atoms with E-state index in [1.54, 1.807) is 18.2 Å². The SMILES string of the molecule is C=CCC(C)NC(=O)Nc1ccccc1CCC(=O)O. The molecule has 1 aromatic carbocycles. The highest BCUT2D eigenvalue weighted by atomic mass is 16.4. The zero-order valence-corrected chi connectivity index (χ0v) is 11.6. The molecule has 0 fully saturated rings. The average Bonchev–Trinajstić information content (AvgIpc) is 2.37. The van der Waals surface area contributed by atoms with Gasteiger partial charge in [0.2, 0.25) is 0 Å². The first kappa shape index (κ1) is 15.8. The Kier molecular flexibility index (Phi) is 6.29. The number of carbonyl (C=O) groups excluding carboxylic acids is 1. The van der Waals surface area contributed by atoms with Crippen LogP contribution in [0.4, 0.5) is 10.5 Å². The number of aryl methyl sites for hydroxylation is 1. The van der Waals surface area contributed by atoms with Crippen molar-refractivity contribution in [3.63, 3.8) is 0 Å². The summed E-state index contributed by atoms with van der Waals surface area (Å²) in [4.78, 5) is 22.4. The topological polar surface area (TPSA) is 78.4 Å². The summed E-state index contributed by atoms with van der Waals surface area (Å²) in [6.07, 6.45) is 2.85. The molecule has 5 heteroatoms. The van der Waals surface area contributed by atoms with Gasteiger partial charge in [-0.15, -0.1) is 6.58 Å². The van der Waals surface area contributed by atoms with E-state index in [-0.39, 0.29) is 18.5 Å². The Morgan fingerprint density at radius 2 is 2.10 bits per heavy atom. The van der Waals surface area contributed by atoms with E-state index in [1.165, 1.54) is 0 Å². The minimum atomic E-state index is -0.858. The first-order chi connectivity index (χ1) is 9.52. The quantitative estimate of drug-likeness (QED) is 0.670. The van der Waals surface area contributed by atoms with Crippen molar-refractivity contribution in [2.75, 3.05) is 5.32 Å². The molecular weight excluding hydrogens is 256 g/mol. The first-order valence-corrected chi connectivity index (χ1v) is 6.51. The van der Waals surface area contributed by atoms with Gasteiger partial charge in [0.1, 0.15) is 0 Å². The van der Waals surface area contributed by atoms with Crippen molar-refractivity contribution in [2.45, 2.75) is 32.2 Å². The highest BCUT2D eigenvalue weighted by molar-refractivity contribution is 5.90. The van der Waals surface area contributed by atoms with E-state index >= 15 is 0 Å². The van der Waals surface area contributed by atoms with Crippen molar-refractivity contribution in [2.24, 2.45) is 0 Å². The fraction of sp³-hybridized carbons (Fsp3) is 0.333. The fourth-order valence-electron chi connectivity index (χ4n) is 1.79. The number of carboxylic acids is 1. The van der Waals surface area contributed by atoms with Crippen LogP contribution in [0.5, 0.6) is 0 Å². The van der Waals surface area contributed by atoms with E-state index in [1.807, 2.05) is 19.1 Å². The number of aliphatic carboxylic acids is 1. The number of rotatable bonds is 7. The molecule has 1 atom stereocenters. The van der Waals surface area contributed by atoms with Gasteiger partial charge in [-0.1, -0.05) is 24.3 Å². The minimum absolute atomic E-state index is 0.00122. The van der Waals surface area contributed by atoms with Crippen LogP contribution in [0.25, 0.3) is 0 Å². The third-order valence-electron chi connectivity index (χ3n) is 2.77. The first-order valence-electron chi connectivity index (χ1n) is 6.51. The van der Waals surface area contributed by atoms with Crippen LogP contribution in [0.15, 0.2) is 36.9 Å². The van der Waals surface area contributed by atoms with Crippen molar-refractivity contribution in [3.8, 4) is 0 Å². The Morgan fingerprint density at radius 1 is 1.40 bits per heavy atom. The van der Waals surface area contributed by atoms with E-state index in [0.717, 1.165) is 5.56 Å². The second-order valence-electron chi connectivity index (χ2n) is 4.57. The van der Waals surface area contributed by atoms with E-state index in [2.05, 4.69) is 17.2 Å². The highest BCUT2D eigenvalue weighted by Crippen LogP contribution is 2.16. The van der Waals surface area contributed by atoms with Gasteiger partial charge >= 0.3 is 12.0 Å². The number of para-hydroxylation sites is 1. The lowest BCUT2D eigenvalue weighted by atomic mass is 10.1. The fourth-order valence-corrected chi connectivity index (χ4v) is 1.79. The summed E-state index contributed by atoms with van der Waals surface area (Å²) in [5.74, 6) is -0.858. The van der Waals surface area contributed by atoms with Crippen LogP contribution in [0.2, 0.25) is 0 Å². The normalized spacial score (nSPS) is 11.4. The molecule has 0 heterocycles. The molecule has 0 bridgehead atoms. The summed E-state index contributed by atoms with van der Waals surface area (Å²) in [6, 6.07) is 6.88. The lowest BCUT2D eigenvalue weighted by Gasteiger charge is -2.14. The zero-order valence-electron chi connectivity index (χ0n) is 11.6. The van der Waals surface area contributed by atoms with Gasteiger partial charge in [-0.2, -0.15) is 0 Å². The van der Waals surface area contributed by atoms with Gasteiger partial charge in [0, 0.05) is 18.2 Å². The van der Waals surface area contributed by atoms with Gasteiger partial charge in [0.25, 0.3) is 0 Å². The van der Waals surface area contributed by atoms with Gasteiger partial charge in [-0.25, -0.2) is 4.79 Å². The Morgan fingerprint density at radius 3 is 2.75 bits per heavy atom. The number of carbonyl (C=O) groups is 2. The molecule has 5 nitrogen and oxygen atoms in total. The molecule has 0 radical (unpaired) electrons. The van der Waals surface area contributed by atoms with Gasteiger partial charge in [-0.05, 0) is 31.4 Å². The van der Waals surface area contributed by atoms with Gasteiger partial charge in [-0.3, -0.25) is 4.79 Å². The number of benzene rings is 1. The molecule has 0 saturated carbocycles. The predicted molar refractivity (Wildman–Crippen MR) is 78.8 cm³/mol. The van der Waals surface area contributed by atoms with Crippen molar-refractivity contribution < 1.29 is 14.7 Å². The number of urea groups is 1. The van der Waals surface area contributed by atoms with E-state index in [9.17, 15) is 9.59 Å². The standard InChI is InChI=1S/C15H20N2O3/c1-3-6-11(2)16-15(20)17-13-8-5-4-7-12(13)9-10-14(18)19/h3-5,7-8,11H,1,6,9-10H2,2H3,(H,18,19)(H2,16,17,20). The summed E-state index contributed by atoms with van der Waals surface area (Å²) in [5.41, 5.74) is 1.44. The molecule has 0 spiro atoms. The second-order valence-corrected chi connectivity index (χ2v) is 4.57. The summed E-state index contributed by atoms with van der Waals surface area (Å²) in [7, 11) is 0. The second kappa shape index (κ2) is 7.99. The lowest BCUT2D eigenvalue weighted by molar-refractivity contribution is -0.136. The summed E-state index contributed by atoms with van der Waals surface area (Å²) < 4.78 is 0. The molecule has 1 unspecified atom stereocenters.